The van der Waals surface area contributed by atoms with Crippen molar-refractivity contribution in [1.29, 1.82) is 0 Å². The monoisotopic (exact) mass is 277 g/mol. The molecule has 0 saturated heterocycles. The average Bonchev–Trinajstić information content (AvgIpc) is 3.02. The van der Waals surface area contributed by atoms with E-state index in [2.05, 4.69) is 5.32 Å². The molecule has 0 bridgehead atoms. The second-order valence-corrected chi connectivity index (χ2v) is 5.23. The Hall–Kier alpha value is -1.55. The number of rotatable bonds is 6. The van der Waals surface area contributed by atoms with Gasteiger partial charge in [-0.15, -0.1) is 0 Å². The summed E-state index contributed by atoms with van der Waals surface area (Å²) in [6.07, 6.45) is 4.23. The molecule has 20 heavy (non-hydrogen) atoms. The quantitative estimate of drug-likeness (QED) is 0.869. The van der Waals surface area contributed by atoms with E-state index in [-0.39, 0.29) is 17.9 Å². The first-order chi connectivity index (χ1) is 9.74. The number of hydrogen-bond acceptors (Lipinski definition) is 3. The lowest BCUT2D eigenvalue weighted by Gasteiger charge is -2.18. The van der Waals surface area contributed by atoms with E-state index in [9.17, 15) is 4.79 Å². The predicted molar refractivity (Wildman–Crippen MR) is 77.7 cm³/mol. The van der Waals surface area contributed by atoms with Crippen LogP contribution in [0.4, 0.5) is 0 Å². The van der Waals surface area contributed by atoms with Crippen molar-refractivity contribution in [3.05, 3.63) is 29.8 Å². The molecule has 1 fully saturated rings. The largest absolute Gasteiger partial charge is 0.497 e. The van der Waals surface area contributed by atoms with Crippen molar-refractivity contribution in [2.75, 3.05) is 20.8 Å². The number of hydrogen-bond donors (Lipinski definition) is 1. The van der Waals surface area contributed by atoms with Crippen molar-refractivity contribution < 1.29 is 14.3 Å². The summed E-state index contributed by atoms with van der Waals surface area (Å²) in [5, 5.41) is 3.01. The van der Waals surface area contributed by atoms with Gasteiger partial charge in [0, 0.05) is 19.6 Å². The zero-order valence-electron chi connectivity index (χ0n) is 12.2. The lowest BCUT2D eigenvalue weighted by molar-refractivity contribution is -0.125. The van der Waals surface area contributed by atoms with Crippen LogP contribution >= 0.6 is 0 Å². The van der Waals surface area contributed by atoms with Crippen LogP contribution in [0.3, 0.4) is 0 Å². The first-order valence-corrected chi connectivity index (χ1v) is 7.19. The Balaban J connectivity index is 1.92. The third kappa shape index (κ3) is 3.73. The molecule has 1 unspecified atom stereocenters. The van der Waals surface area contributed by atoms with Crippen LogP contribution in [0.5, 0.6) is 5.75 Å². The second kappa shape index (κ2) is 7.29. The van der Waals surface area contributed by atoms with E-state index in [1.54, 1.807) is 14.2 Å². The van der Waals surface area contributed by atoms with Crippen LogP contribution in [0.15, 0.2) is 24.3 Å². The predicted octanol–water partition coefficient (Wildman–Crippen LogP) is 2.69. The highest BCUT2D eigenvalue weighted by Gasteiger charge is 2.23. The molecule has 2 rings (SSSR count). The number of nitrogens with one attached hydrogen (secondary N) is 1. The molecule has 1 aliphatic rings. The van der Waals surface area contributed by atoms with Crippen molar-refractivity contribution in [2.45, 2.75) is 31.8 Å². The highest BCUT2D eigenvalue weighted by molar-refractivity contribution is 5.78. The number of carbonyl (C=O) groups is 1. The lowest BCUT2D eigenvalue weighted by Crippen LogP contribution is -2.33. The number of methoxy groups -OCH3 is 2. The van der Waals surface area contributed by atoms with Gasteiger partial charge in [-0.05, 0) is 30.5 Å². The van der Waals surface area contributed by atoms with Gasteiger partial charge in [-0.1, -0.05) is 25.0 Å². The minimum Gasteiger partial charge on any atom is -0.497 e. The highest BCUT2D eigenvalue weighted by atomic mass is 16.5. The molecule has 1 aromatic carbocycles. The number of amides is 1. The van der Waals surface area contributed by atoms with E-state index >= 15 is 0 Å². The van der Waals surface area contributed by atoms with E-state index in [0.717, 1.165) is 24.2 Å². The van der Waals surface area contributed by atoms with Crippen molar-refractivity contribution >= 4 is 5.91 Å². The molecule has 0 aromatic heterocycles. The van der Waals surface area contributed by atoms with Crippen molar-refractivity contribution in [1.82, 2.24) is 5.32 Å². The zero-order valence-corrected chi connectivity index (χ0v) is 12.2. The Morgan fingerprint density at radius 1 is 1.35 bits per heavy atom. The van der Waals surface area contributed by atoms with Crippen LogP contribution < -0.4 is 10.1 Å². The molecule has 1 amide bonds. The van der Waals surface area contributed by atoms with Crippen molar-refractivity contribution in [2.24, 2.45) is 5.92 Å². The van der Waals surface area contributed by atoms with Gasteiger partial charge in [0.25, 0.3) is 0 Å². The molecule has 1 aliphatic carbocycles. The van der Waals surface area contributed by atoms with Crippen molar-refractivity contribution in [3.63, 3.8) is 0 Å². The molecular formula is C16H23NO3. The molecule has 4 heteroatoms. The Morgan fingerprint density at radius 2 is 2.10 bits per heavy atom. The molecule has 0 heterocycles. The van der Waals surface area contributed by atoms with Crippen LogP contribution in [-0.4, -0.2) is 26.7 Å². The summed E-state index contributed by atoms with van der Waals surface area (Å²) in [5.74, 6) is 1.15. The first-order valence-electron chi connectivity index (χ1n) is 7.19. The van der Waals surface area contributed by atoms with E-state index < -0.39 is 0 Å². The van der Waals surface area contributed by atoms with Gasteiger partial charge in [-0.3, -0.25) is 4.79 Å². The van der Waals surface area contributed by atoms with Crippen LogP contribution in [0.2, 0.25) is 0 Å². The maximum absolute atomic E-state index is 12.0. The summed E-state index contributed by atoms with van der Waals surface area (Å²) < 4.78 is 10.7. The van der Waals surface area contributed by atoms with Gasteiger partial charge < -0.3 is 14.8 Å². The summed E-state index contributed by atoms with van der Waals surface area (Å²) in [4.78, 5) is 12.0. The summed E-state index contributed by atoms with van der Waals surface area (Å²) in [6, 6.07) is 7.75. The van der Waals surface area contributed by atoms with Gasteiger partial charge in [0.2, 0.25) is 5.91 Å². The van der Waals surface area contributed by atoms with Gasteiger partial charge >= 0.3 is 0 Å². The number of benzene rings is 1. The first kappa shape index (κ1) is 14.9. The number of ether oxygens (including phenoxy) is 2. The smallest absolute Gasteiger partial charge is 0.223 e. The highest BCUT2D eigenvalue weighted by Crippen LogP contribution is 2.25. The number of carbonyl (C=O) groups excluding carboxylic acids is 1. The maximum atomic E-state index is 12.0. The van der Waals surface area contributed by atoms with Gasteiger partial charge in [-0.2, -0.15) is 0 Å². The fraction of sp³-hybridized carbons (Fsp3) is 0.562. The van der Waals surface area contributed by atoms with Gasteiger partial charge in [0.1, 0.15) is 5.75 Å². The van der Waals surface area contributed by atoms with Crippen LogP contribution in [-0.2, 0) is 9.53 Å². The molecular weight excluding hydrogens is 254 g/mol. The molecule has 0 spiro atoms. The van der Waals surface area contributed by atoms with E-state index in [0.29, 0.717) is 6.54 Å². The summed E-state index contributed by atoms with van der Waals surface area (Å²) in [6.45, 7) is 0.499. The topological polar surface area (TPSA) is 47.6 Å². The Morgan fingerprint density at radius 3 is 2.75 bits per heavy atom. The van der Waals surface area contributed by atoms with Crippen LogP contribution in [0.1, 0.15) is 37.4 Å². The Bertz CT molecular complexity index is 441. The Labute approximate surface area is 120 Å². The summed E-state index contributed by atoms with van der Waals surface area (Å²) in [5.41, 5.74) is 1.01. The van der Waals surface area contributed by atoms with E-state index in [1.165, 1.54) is 12.8 Å². The van der Waals surface area contributed by atoms with Gasteiger partial charge in [0.05, 0.1) is 13.2 Å². The summed E-state index contributed by atoms with van der Waals surface area (Å²) in [7, 11) is 3.30. The Kier molecular flexibility index (Phi) is 5.41. The average molecular weight is 277 g/mol. The lowest BCUT2D eigenvalue weighted by atomic mass is 10.1. The molecule has 1 aromatic rings. The molecule has 0 aliphatic heterocycles. The maximum Gasteiger partial charge on any atom is 0.223 e. The van der Waals surface area contributed by atoms with Crippen LogP contribution in [0, 0.1) is 5.92 Å². The minimum atomic E-state index is -0.143. The third-order valence-electron chi connectivity index (χ3n) is 3.94. The fourth-order valence-electron chi connectivity index (χ4n) is 2.70. The molecule has 1 N–H and O–H groups in total. The van der Waals surface area contributed by atoms with Gasteiger partial charge in [0.15, 0.2) is 0 Å². The van der Waals surface area contributed by atoms with E-state index in [4.69, 9.17) is 9.47 Å². The molecule has 4 nitrogen and oxygen atoms in total. The molecule has 110 valence electrons. The normalized spacial score (nSPS) is 16.9. The minimum absolute atomic E-state index is 0.143. The van der Waals surface area contributed by atoms with Crippen LogP contribution in [0.25, 0.3) is 0 Å². The zero-order chi connectivity index (χ0) is 14.4. The molecule has 1 atom stereocenters. The second-order valence-electron chi connectivity index (χ2n) is 5.23. The summed E-state index contributed by atoms with van der Waals surface area (Å²) >= 11 is 0. The SMILES string of the molecule is COc1cccc(C(CNC(=O)C2CCCC2)OC)c1. The van der Waals surface area contributed by atoms with Crippen molar-refractivity contribution in [3.8, 4) is 5.75 Å². The standard InChI is InChI=1S/C16H23NO3/c1-19-14-9-5-8-13(10-14)15(20-2)11-17-16(18)12-6-3-4-7-12/h5,8-10,12,15H,3-4,6-7,11H2,1-2H3,(H,17,18). The van der Waals surface area contributed by atoms with Gasteiger partial charge in [-0.25, -0.2) is 0 Å². The molecule has 1 saturated carbocycles. The third-order valence-corrected chi connectivity index (χ3v) is 3.94. The fourth-order valence-corrected chi connectivity index (χ4v) is 2.70. The molecule has 0 radical (unpaired) electrons. The van der Waals surface area contributed by atoms with E-state index in [1.807, 2.05) is 24.3 Å².